The summed E-state index contributed by atoms with van der Waals surface area (Å²) in [5.41, 5.74) is 4.33. The van der Waals surface area contributed by atoms with Crippen LogP contribution in [0.2, 0.25) is 0 Å². The molecular weight excluding hydrogens is 328 g/mol. The molecule has 4 heterocycles. The molecule has 0 bridgehead atoms. The summed E-state index contributed by atoms with van der Waals surface area (Å²) in [5.74, 6) is -0.0193. The first-order chi connectivity index (χ1) is 12.7. The number of carbonyl (C=O) groups is 1. The van der Waals surface area contributed by atoms with Gasteiger partial charge in [0.2, 0.25) is 0 Å². The summed E-state index contributed by atoms with van der Waals surface area (Å²) in [7, 11) is 0. The molecule has 0 saturated carbocycles. The van der Waals surface area contributed by atoms with Crippen LogP contribution in [0.1, 0.15) is 52.5 Å². The number of nitrogens with zero attached hydrogens (tertiary/aromatic N) is 5. The molecule has 3 aromatic rings. The fraction of sp³-hybridized carbons (Fsp3) is 0.368. The number of hydrogen-bond donors (Lipinski definition) is 1. The molecule has 4 rings (SSSR count). The quantitative estimate of drug-likeness (QED) is 0.784. The number of aromatic nitrogens is 5. The van der Waals surface area contributed by atoms with Crippen LogP contribution in [0.5, 0.6) is 0 Å². The lowest BCUT2D eigenvalue weighted by Gasteiger charge is -2.34. The molecule has 0 unspecified atom stereocenters. The molecule has 0 spiro atoms. The summed E-state index contributed by atoms with van der Waals surface area (Å²) in [6, 6.07) is 5.48. The van der Waals surface area contributed by atoms with Gasteiger partial charge in [0.1, 0.15) is 6.04 Å². The van der Waals surface area contributed by atoms with Gasteiger partial charge in [-0.3, -0.25) is 14.5 Å². The molecule has 0 fully saturated rings. The van der Waals surface area contributed by atoms with Crippen LogP contribution in [0.3, 0.4) is 0 Å². The summed E-state index contributed by atoms with van der Waals surface area (Å²) in [6.45, 7) is 5.49. The molecule has 0 aromatic carbocycles. The van der Waals surface area contributed by atoms with Gasteiger partial charge in [-0.2, -0.15) is 5.10 Å². The number of hydrogen-bond acceptors (Lipinski definition) is 4. The third-order valence-corrected chi connectivity index (χ3v) is 4.92. The minimum absolute atomic E-state index is 0.0193. The normalized spacial score (nSPS) is 16.5. The van der Waals surface area contributed by atoms with E-state index in [-0.39, 0.29) is 11.9 Å². The third kappa shape index (κ3) is 2.69. The lowest BCUT2D eigenvalue weighted by Crippen LogP contribution is -2.41. The number of aromatic amines is 1. The SMILES string of the molecule is CCCn1ncc(C(=O)N2CCc3[nH]cnc3[C@@H]2c2ccccn2)c1C. The lowest BCUT2D eigenvalue weighted by molar-refractivity contribution is 0.0686. The van der Waals surface area contributed by atoms with Crippen molar-refractivity contribution in [1.29, 1.82) is 0 Å². The molecule has 1 aliphatic heterocycles. The average Bonchev–Trinajstić information content (AvgIpc) is 3.28. The van der Waals surface area contributed by atoms with E-state index in [1.54, 1.807) is 18.7 Å². The fourth-order valence-corrected chi connectivity index (χ4v) is 3.58. The molecule has 7 nitrogen and oxygen atoms in total. The van der Waals surface area contributed by atoms with E-state index >= 15 is 0 Å². The van der Waals surface area contributed by atoms with E-state index in [1.165, 1.54) is 0 Å². The number of pyridine rings is 1. The van der Waals surface area contributed by atoms with Crippen molar-refractivity contribution in [3.63, 3.8) is 0 Å². The first-order valence-corrected chi connectivity index (χ1v) is 8.97. The zero-order valence-corrected chi connectivity index (χ0v) is 15.0. The van der Waals surface area contributed by atoms with Gasteiger partial charge >= 0.3 is 0 Å². The van der Waals surface area contributed by atoms with Gasteiger partial charge in [-0.25, -0.2) is 4.98 Å². The number of rotatable bonds is 4. The first kappa shape index (κ1) is 16.5. The van der Waals surface area contributed by atoms with Crippen LogP contribution >= 0.6 is 0 Å². The van der Waals surface area contributed by atoms with Crippen LogP contribution in [-0.4, -0.2) is 42.1 Å². The maximum atomic E-state index is 13.4. The predicted octanol–water partition coefficient (Wildman–Crippen LogP) is 2.51. The van der Waals surface area contributed by atoms with Crippen molar-refractivity contribution >= 4 is 5.91 Å². The molecule has 0 aliphatic carbocycles. The van der Waals surface area contributed by atoms with Crippen LogP contribution in [0.25, 0.3) is 0 Å². The molecule has 134 valence electrons. The van der Waals surface area contributed by atoms with Gasteiger partial charge in [-0.15, -0.1) is 0 Å². The second-order valence-corrected chi connectivity index (χ2v) is 6.54. The lowest BCUT2D eigenvalue weighted by atomic mass is 9.98. The van der Waals surface area contributed by atoms with Gasteiger partial charge in [-0.1, -0.05) is 13.0 Å². The summed E-state index contributed by atoms with van der Waals surface area (Å²) in [5, 5.41) is 4.39. The topological polar surface area (TPSA) is 79.7 Å². The zero-order valence-electron chi connectivity index (χ0n) is 15.0. The highest BCUT2D eigenvalue weighted by Crippen LogP contribution is 2.33. The Morgan fingerprint density at radius 1 is 1.35 bits per heavy atom. The molecule has 1 N–H and O–H groups in total. The number of nitrogens with one attached hydrogen (secondary N) is 1. The summed E-state index contributed by atoms with van der Waals surface area (Å²) in [4.78, 5) is 27.4. The smallest absolute Gasteiger partial charge is 0.258 e. The average molecular weight is 350 g/mol. The zero-order chi connectivity index (χ0) is 18.1. The van der Waals surface area contributed by atoms with Gasteiger partial charge in [0, 0.05) is 37.1 Å². The van der Waals surface area contributed by atoms with Crippen molar-refractivity contribution in [1.82, 2.24) is 29.6 Å². The number of fused-ring (bicyclic) bond motifs is 1. The van der Waals surface area contributed by atoms with Crippen LogP contribution in [0.4, 0.5) is 0 Å². The minimum atomic E-state index is -0.285. The number of H-pyrrole nitrogens is 1. The molecule has 7 heteroatoms. The second kappa shape index (κ2) is 6.74. The number of imidazole rings is 1. The summed E-state index contributed by atoms with van der Waals surface area (Å²) >= 11 is 0. The van der Waals surface area contributed by atoms with Crippen LogP contribution in [-0.2, 0) is 13.0 Å². The second-order valence-electron chi connectivity index (χ2n) is 6.54. The highest BCUT2D eigenvalue weighted by molar-refractivity contribution is 5.95. The van der Waals surface area contributed by atoms with Crippen molar-refractivity contribution in [3.8, 4) is 0 Å². The largest absolute Gasteiger partial charge is 0.348 e. The summed E-state index contributed by atoms with van der Waals surface area (Å²) < 4.78 is 1.90. The standard InChI is InChI=1S/C19H22N6O/c1-3-9-25-13(2)14(11-23-25)19(26)24-10-7-15-17(22-12-21-15)18(24)16-6-4-5-8-20-16/h4-6,8,11-12,18H,3,7,9-10H2,1-2H3,(H,21,22)/t18-/m0/s1. The first-order valence-electron chi connectivity index (χ1n) is 8.97. The molecule has 26 heavy (non-hydrogen) atoms. The van der Waals surface area contributed by atoms with Gasteiger partial charge < -0.3 is 9.88 Å². The van der Waals surface area contributed by atoms with Crippen molar-refractivity contribution in [2.45, 2.75) is 39.3 Å². The Kier molecular flexibility index (Phi) is 4.28. The Bertz CT molecular complexity index is 913. The van der Waals surface area contributed by atoms with E-state index in [0.717, 1.165) is 42.2 Å². The highest BCUT2D eigenvalue weighted by Gasteiger charge is 2.36. The van der Waals surface area contributed by atoms with E-state index < -0.39 is 0 Å². The Morgan fingerprint density at radius 3 is 3.00 bits per heavy atom. The molecule has 1 amide bonds. The van der Waals surface area contributed by atoms with E-state index in [4.69, 9.17) is 0 Å². The predicted molar refractivity (Wildman–Crippen MR) is 96.7 cm³/mol. The Labute approximate surface area is 152 Å². The molecule has 0 saturated heterocycles. The van der Waals surface area contributed by atoms with E-state index in [0.29, 0.717) is 12.1 Å². The van der Waals surface area contributed by atoms with E-state index in [1.807, 2.05) is 34.7 Å². The van der Waals surface area contributed by atoms with Crippen molar-refractivity contribution in [3.05, 3.63) is 65.3 Å². The van der Waals surface area contributed by atoms with Crippen molar-refractivity contribution in [2.75, 3.05) is 6.54 Å². The summed E-state index contributed by atoms with van der Waals surface area (Å²) in [6.07, 6.45) is 6.87. The number of carbonyl (C=O) groups excluding carboxylic acids is 1. The molecule has 0 radical (unpaired) electrons. The van der Waals surface area contributed by atoms with Crippen molar-refractivity contribution in [2.24, 2.45) is 0 Å². The molecule has 1 atom stereocenters. The van der Waals surface area contributed by atoms with E-state index in [9.17, 15) is 4.79 Å². The minimum Gasteiger partial charge on any atom is -0.348 e. The van der Waals surface area contributed by atoms with Gasteiger partial charge in [-0.05, 0) is 25.5 Å². The number of amides is 1. The molecular formula is C19H22N6O. The fourth-order valence-electron chi connectivity index (χ4n) is 3.58. The molecule has 3 aromatic heterocycles. The number of aryl methyl sites for hydroxylation is 1. The van der Waals surface area contributed by atoms with E-state index in [2.05, 4.69) is 27.0 Å². The van der Waals surface area contributed by atoms with Crippen LogP contribution in [0, 0.1) is 6.92 Å². The van der Waals surface area contributed by atoms with Gasteiger partial charge in [0.15, 0.2) is 0 Å². The van der Waals surface area contributed by atoms with Crippen LogP contribution < -0.4 is 0 Å². The third-order valence-electron chi connectivity index (χ3n) is 4.92. The highest BCUT2D eigenvalue weighted by atomic mass is 16.2. The monoisotopic (exact) mass is 350 g/mol. The molecule has 1 aliphatic rings. The van der Waals surface area contributed by atoms with Gasteiger partial charge in [0.05, 0.1) is 29.5 Å². The Morgan fingerprint density at radius 2 is 2.23 bits per heavy atom. The maximum absolute atomic E-state index is 13.4. The Hall–Kier alpha value is -2.96. The Balaban J connectivity index is 1.74. The maximum Gasteiger partial charge on any atom is 0.258 e. The van der Waals surface area contributed by atoms with Crippen molar-refractivity contribution < 1.29 is 4.79 Å². The van der Waals surface area contributed by atoms with Crippen LogP contribution in [0.15, 0.2) is 36.9 Å². The van der Waals surface area contributed by atoms with Gasteiger partial charge in [0.25, 0.3) is 5.91 Å².